The lowest BCUT2D eigenvalue weighted by Crippen LogP contribution is -2.49. The quantitative estimate of drug-likeness (QED) is 0.674. The molecule has 0 bridgehead atoms. The standard InChI is InChI=1S/C21H29FN4O4/c1-10-13-15(26(12-5-6-12)20(28)24-19(13)27)17(30-4)16(14(10)22)25-8-7-11(9-25)18(23)21(2,3)29/h11-12,18,29H,5-9,23H2,1-4H3,(H,24,27,28). The Balaban J connectivity index is 1.92. The van der Waals surface area contributed by atoms with Gasteiger partial charge in [-0.2, -0.15) is 0 Å². The molecule has 164 valence electrons. The zero-order valence-electron chi connectivity index (χ0n) is 17.8. The number of fused-ring (bicyclic) bond motifs is 1. The van der Waals surface area contributed by atoms with Crippen molar-refractivity contribution < 1.29 is 14.2 Å². The number of nitrogens with one attached hydrogen (secondary N) is 1. The number of benzene rings is 1. The van der Waals surface area contributed by atoms with Crippen LogP contribution in [0.3, 0.4) is 0 Å². The summed E-state index contributed by atoms with van der Waals surface area (Å²) in [7, 11) is 1.42. The minimum Gasteiger partial charge on any atom is -0.492 e. The van der Waals surface area contributed by atoms with Gasteiger partial charge in [-0.1, -0.05) is 0 Å². The van der Waals surface area contributed by atoms with Crippen molar-refractivity contribution in [2.75, 3.05) is 25.1 Å². The van der Waals surface area contributed by atoms with Crippen LogP contribution in [0.2, 0.25) is 0 Å². The molecule has 2 fully saturated rings. The number of methoxy groups -OCH3 is 1. The van der Waals surface area contributed by atoms with Crippen molar-refractivity contribution in [1.29, 1.82) is 0 Å². The maximum atomic E-state index is 15.6. The molecule has 2 aromatic rings. The van der Waals surface area contributed by atoms with Gasteiger partial charge in [0.2, 0.25) is 0 Å². The van der Waals surface area contributed by atoms with E-state index < -0.39 is 28.7 Å². The summed E-state index contributed by atoms with van der Waals surface area (Å²) in [5.74, 6) is -0.376. The first-order chi connectivity index (χ1) is 14.1. The third-order valence-electron chi connectivity index (χ3n) is 6.47. The molecular weight excluding hydrogens is 391 g/mol. The van der Waals surface area contributed by atoms with Crippen LogP contribution < -0.4 is 26.6 Å². The number of halogens is 1. The Hall–Kier alpha value is -2.39. The second kappa shape index (κ2) is 7.09. The molecule has 0 radical (unpaired) electrons. The first kappa shape index (κ1) is 20.9. The zero-order valence-corrected chi connectivity index (χ0v) is 17.8. The molecule has 4 N–H and O–H groups in total. The summed E-state index contributed by atoms with van der Waals surface area (Å²) in [6.45, 7) is 5.86. The SMILES string of the molecule is COc1c(N2CCC(C(N)C(C)(C)O)C2)c(F)c(C)c2c(=O)[nH]c(=O)n(C3CC3)c12. The zero-order chi connectivity index (χ0) is 22.0. The Bertz CT molecular complexity index is 1110. The van der Waals surface area contributed by atoms with E-state index in [1.807, 2.05) is 4.90 Å². The second-order valence-corrected chi connectivity index (χ2v) is 9.08. The topological polar surface area (TPSA) is 114 Å². The number of H-pyrrole nitrogens is 1. The molecule has 8 nitrogen and oxygen atoms in total. The van der Waals surface area contributed by atoms with Gasteiger partial charge in [0.1, 0.15) is 11.2 Å². The Kier molecular flexibility index (Phi) is 4.93. The summed E-state index contributed by atoms with van der Waals surface area (Å²) in [5, 5.41) is 10.4. The number of aliphatic hydroxyl groups is 1. The van der Waals surface area contributed by atoms with E-state index in [-0.39, 0.29) is 34.3 Å². The molecule has 1 aromatic carbocycles. The molecule has 2 aliphatic rings. The highest BCUT2D eigenvalue weighted by atomic mass is 19.1. The minimum atomic E-state index is -1.05. The average Bonchev–Trinajstić information content (AvgIpc) is 3.38. The third kappa shape index (κ3) is 3.20. The summed E-state index contributed by atoms with van der Waals surface area (Å²) in [5.41, 5.74) is 4.85. The molecule has 0 amide bonds. The lowest BCUT2D eigenvalue weighted by atomic mass is 9.87. The van der Waals surface area contributed by atoms with Crippen LogP contribution in [0.4, 0.5) is 10.1 Å². The van der Waals surface area contributed by atoms with Crippen molar-refractivity contribution in [3.05, 3.63) is 32.2 Å². The number of rotatable bonds is 5. The van der Waals surface area contributed by atoms with E-state index in [4.69, 9.17) is 10.5 Å². The van der Waals surface area contributed by atoms with Gasteiger partial charge >= 0.3 is 5.69 Å². The Morgan fingerprint density at radius 1 is 1.30 bits per heavy atom. The van der Waals surface area contributed by atoms with Crippen LogP contribution in [0.15, 0.2) is 9.59 Å². The second-order valence-electron chi connectivity index (χ2n) is 9.08. The van der Waals surface area contributed by atoms with E-state index in [9.17, 15) is 14.7 Å². The fourth-order valence-electron chi connectivity index (χ4n) is 4.64. The van der Waals surface area contributed by atoms with Crippen LogP contribution in [-0.2, 0) is 0 Å². The largest absolute Gasteiger partial charge is 0.492 e. The van der Waals surface area contributed by atoms with E-state index >= 15 is 4.39 Å². The van der Waals surface area contributed by atoms with Gasteiger partial charge in [-0.15, -0.1) is 0 Å². The van der Waals surface area contributed by atoms with Crippen LogP contribution in [0.1, 0.15) is 44.7 Å². The smallest absolute Gasteiger partial charge is 0.329 e. The third-order valence-corrected chi connectivity index (χ3v) is 6.47. The molecular formula is C21H29FN4O4. The molecule has 1 saturated heterocycles. The molecule has 2 unspecified atom stereocenters. The Labute approximate surface area is 173 Å². The van der Waals surface area contributed by atoms with Crippen molar-refractivity contribution in [1.82, 2.24) is 9.55 Å². The average molecular weight is 420 g/mol. The number of hydrogen-bond donors (Lipinski definition) is 3. The van der Waals surface area contributed by atoms with Gasteiger partial charge in [0.15, 0.2) is 11.6 Å². The molecule has 1 aliphatic carbocycles. The molecule has 4 rings (SSSR count). The summed E-state index contributed by atoms with van der Waals surface area (Å²) in [4.78, 5) is 29.3. The fourth-order valence-corrected chi connectivity index (χ4v) is 4.64. The van der Waals surface area contributed by atoms with Crippen molar-refractivity contribution in [3.63, 3.8) is 0 Å². The van der Waals surface area contributed by atoms with Crippen molar-refractivity contribution in [3.8, 4) is 5.75 Å². The van der Waals surface area contributed by atoms with Gasteiger partial charge in [-0.3, -0.25) is 14.3 Å². The van der Waals surface area contributed by atoms with E-state index in [2.05, 4.69) is 4.98 Å². The van der Waals surface area contributed by atoms with Crippen molar-refractivity contribution in [2.24, 2.45) is 11.7 Å². The van der Waals surface area contributed by atoms with Gasteiger partial charge in [-0.25, -0.2) is 9.18 Å². The summed E-state index contributed by atoms with van der Waals surface area (Å²) >= 11 is 0. The number of ether oxygens (including phenoxy) is 1. The van der Waals surface area contributed by atoms with E-state index in [1.54, 1.807) is 20.8 Å². The lowest BCUT2D eigenvalue weighted by molar-refractivity contribution is 0.0337. The molecule has 9 heteroatoms. The van der Waals surface area contributed by atoms with E-state index in [0.717, 1.165) is 12.8 Å². The highest BCUT2D eigenvalue weighted by Gasteiger charge is 2.38. The summed E-state index contributed by atoms with van der Waals surface area (Å²) < 4.78 is 22.7. The fraction of sp³-hybridized carbons (Fsp3) is 0.619. The molecule has 2 atom stereocenters. The first-order valence-corrected chi connectivity index (χ1v) is 10.3. The number of nitrogens with two attached hydrogens (primary N) is 1. The number of aryl methyl sites for hydroxylation is 1. The van der Waals surface area contributed by atoms with Gasteiger partial charge < -0.3 is 20.5 Å². The molecule has 1 saturated carbocycles. The number of hydrogen-bond acceptors (Lipinski definition) is 6. The first-order valence-electron chi connectivity index (χ1n) is 10.3. The predicted octanol–water partition coefficient (Wildman–Crippen LogP) is 1.41. The van der Waals surface area contributed by atoms with Crippen LogP contribution in [-0.4, -0.2) is 46.5 Å². The van der Waals surface area contributed by atoms with Crippen LogP contribution >= 0.6 is 0 Å². The molecule has 30 heavy (non-hydrogen) atoms. The van der Waals surface area contributed by atoms with Crippen LogP contribution in [0.5, 0.6) is 5.75 Å². The highest BCUT2D eigenvalue weighted by molar-refractivity contribution is 5.93. The predicted molar refractivity (Wildman–Crippen MR) is 113 cm³/mol. The number of aromatic amines is 1. The molecule has 2 heterocycles. The number of anilines is 1. The van der Waals surface area contributed by atoms with Crippen molar-refractivity contribution >= 4 is 16.6 Å². The molecule has 1 aliphatic heterocycles. The summed E-state index contributed by atoms with van der Waals surface area (Å²) in [6, 6.07) is -0.496. The maximum Gasteiger partial charge on any atom is 0.329 e. The van der Waals surface area contributed by atoms with E-state index in [0.29, 0.717) is 25.0 Å². The number of aromatic nitrogens is 2. The highest BCUT2D eigenvalue weighted by Crippen LogP contribution is 2.45. The van der Waals surface area contributed by atoms with Gasteiger partial charge in [0.25, 0.3) is 5.56 Å². The lowest BCUT2D eigenvalue weighted by Gasteiger charge is -2.31. The van der Waals surface area contributed by atoms with Gasteiger partial charge in [0.05, 0.1) is 18.1 Å². The Morgan fingerprint density at radius 3 is 2.53 bits per heavy atom. The Morgan fingerprint density at radius 2 is 1.97 bits per heavy atom. The van der Waals surface area contributed by atoms with Gasteiger partial charge in [-0.05, 0) is 46.0 Å². The molecule has 0 spiro atoms. The van der Waals surface area contributed by atoms with Crippen molar-refractivity contribution in [2.45, 2.75) is 57.7 Å². The maximum absolute atomic E-state index is 15.6. The molecule has 1 aromatic heterocycles. The van der Waals surface area contributed by atoms with Crippen LogP contribution in [0.25, 0.3) is 10.9 Å². The monoisotopic (exact) mass is 420 g/mol. The normalized spacial score (nSPS) is 20.8. The summed E-state index contributed by atoms with van der Waals surface area (Å²) in [6.07, 6.45) is 2.33. The van der Waals surface area contributed by atoms with Crippen LogP contribution in [0, 0.1) is 18.7 Å². The minimum absolute atomic E-state index is 0.0293. The number of nitrogens with zero attached hydrogens (tertiary/aromatic N) is 2. The van der Waals surface area contributed by atoms with Gasteiger partial charge in [0, 0.05) is 30.7 Å². The van der Waals surface area contributed by atoms with E-state index in [1.165, 1.54) is 11.7 Å².